The summed E-state index contributed by atoms with van der Waals surface area (Å²) in [7, 11) is 2.24. The zero-order valence-electron chi connectivity index (χ0n) is 10.9. The standard InChI is InChI=1S/C15H21BrN2/c1-18(9-11-2-4-13(16)5-3-11)10-12-8-14-6-7-15(12)17-14/h2-5,12,14-15,17H,6-10H2,1H3. The lowest BCUT2D eigenvalue weighted by Gasteiger charge is -2.26. The molecule has 18 heavy (non-hydrogen) atoms. The molecule has 2 saturated heterocycles. The third kappa shape index (κ3) is 2.79. The summed E-state index contributed by atoms with van der Waals surface area (Å²) in [5.41, 5.74) is 1.40. The molecule has 0 radical (unpaired) electrons. The molecule has 0 aromatic heterocycles. The second-order valence-corrected chi connectivity index (χ2v) is 6.78. The molecular weight excluding hydrogens is 288 g/mol. The van der Waals surface area contributed by atoms with Crippen LogP contribution in [0.1, 0.15) is 24.8 Å². The molecule has 1 N–H and O–H groups in total. The van der Waals surface area contributed by atoms with Crippen LogP contribution in [-0.4, -0.2) is 30.6 Å². The van der Waals surface area contributed by atoms with Gasteiger partial charge in [0.25, 0.3) is 0 Å². The molecule has 2 aliphatic rings. The van der Waals surface area contributed by atoms with Crippen LogP contribution in [-0.2, 0) is 6.54 Å². The number of rotatable bonds is 4. The molecule has 0 aliphatic carbocycles. The van der Waals surface area contributed by atoms with Gasteiger partial charge in [0.1, 0.15) is 0 Å². The molecule has 3 unspecified atom stereocenters. The van der Waals surface area contributed by atoms with E-state index in [9.17, 15) is 0 Å². The molecule has 0 saturated carbocycles. The number of halogens is 1. The molecule has 3 heteroatoms. The molecule has 1 aromatic carbocycles. The molecule has 98 valence electrons. The van der Waals surface area contributed by atoms with Crippen molar-refractivity contribution in [1.29, 1.82) is 0 Å². The Labute approximate surface area is 118 Å². The molecule has 2 aliphatic heterocycles. The first-order chi connectivity index (χ1) is 8.70. The van der Waals surface area contributed by atoms with Crippen molar-refractivity contribution in [3.8, 4) is 0 Å². The Balaban J connectivity index is 1.52. The number of nitrogens with one attached hydrogen (secondary N) is 1. The summed E-state index contributed by atoms with van der Waals surface area (Å²) in [6.45, 7) is 2.28. The minimum absolute atomic E-state index is 0.794. The van der Waals surface area contributed by atoms with Gasteiger partial charge in [-0.15, -0.1) is 0 Å². The van der Waals surface area contributed by atoms with Crippen LogP contribution in [0.3, 0.4) is 0 Å². The molecule has 2 nitrogen and oxygen atoms in total. The summed E-state index contributed by atoms with van der Waals surface area (Å²) >= 11 is 3.48. The van der Waals surface area contributed by atoms with Crippen LogP contribution in [0.25, 0.3) is 0 Å². The van der Waals surface area contributed by atoms with Gasteiger partial charge >= 0.3 is 0 Å². The maximum absolute atomic E-state index is 3.72. The Bertz CT molecular complexity index is 403. The second-order valence-electron chi connectivity index (χ2n) is 5.87. The highest BCUT2D eigenvalue weighted by Gasteiger charge is 2.38. The Morgan fingerprint density at radius 3 is 2.67 bits per heavy atom. The number of fused-ring (bicyclic) bond motifs is 2. The van der Waals surface area contributed by atoms with Crippen molar-refractivity contribution >= 4 is 15.9 Å². The van der Waals surface area contributed by atoms with Gasteiger partial charge in [-0.05, 0) is 49.9 Å². The van der Waals surface area contributed by atoms with Gasteiger partial charge in [0, 0.05) is 29.6 Å². The van der Waals surface area contributed by atoms with Crippen molar-refractivity contribution in [3.05, 3.63) is 34.3 Å². The minimum Gasteiger partial charge on any atom is -0.311 e. The van der Waals surface area contributed by atoms with Gasteiger partial charge in [-0.3, -0.25) is 0 Å². The number of hydrogen-bond donors (Lipinski definition) is 1. The fourth-order valence-corrected chi connectivity index (χ4v) is 3.77. The zero-order valence-corrected chi connectivity index (χ0v) is 12.5. The maximum Gasteiger partial charge on any atom is 0.0230 e. The van der Waals surface area contributed by atoms with Crippen molar-refractivity contribution in [2.75, 3.05) is 13.6 Å². The van der Waals surface area contributed by atoms with Gasteiger partial charge in [0.15, 0.2) is 0 Å². The van der Waals surface area contributed by atoms with E-state index in [4.69, 9.17) is 0 Å². The maximum atomic E-state index is 3.72. The average molecular weight is 309 g/mol. The third-order valence-electron chi connectivity index (χ3n) is 4.34. The van der Waals surface area contributed by atoms with Crippen LogP contribution < -0.4 is 5.32 Å². The molecular formula is C15H21BrN2. The SMILES string of the molecule is CN(Cc1ccc(Br)cc1)CC1CC2CCC1N2. The van der Waals surface area contributed by atoms with E-state index in [2.05, 4.69) is 57.5 Å². The Morgan fingerprint density at radius 2 is 2.06 bits per heavy atom. The van der Waals surface area contributed by atoms with Crippen LogP contribution in [0.4, 0.5) is 0 Å². The summed E-state index contributed by atoms with van der Waals surface area (Å²) in [5, 5.41) is 3.72. The lowest BCUT2D eigenvalue weighted by molar-refractivity contribution is 0.242. The van der Waals surface area contributed by atoms with E-state index < -0.39 is 0 Å². The fraction of sp³-hybridized carbons (Fsp3) is 0.600. The fourth-order valence-electron chi connectivity index (χ4n) is 3.51. The third-order valence-corrected chi connectivity index (χ3v) is 4.87. The number of nitrogens with zero attached hydrogens (tertiary/aromatic N) is 1. The van der Waals surface area contributed by atoms with E-state index in [0.717, 1.165) is 29.0 Å². The molecule has 1 aromatic rings. The average Bonchev–Trinajstić information content (AvgIpc) is 2.94. The van der Waals surface area contributed by atoms with Crippen LogP contribution >= 0.6 is 15.9 Å². The van der Waals surface area contributed by atoms with Gasteiger partial charge in [-0.1, -0.05) is 28.1 Å². The van der Waals surface area contributed by atoms with Crippen molar-refractivity contribution in [3.63, 3.8) is 0 Å². The summed E-state index contributed by atoms with van der Waals surface area (Å²) in [4.78, 5) is 2.47. The predicted octanol–water partition coefficient (Wildman–Crippen LogP) is 3.02. The molecule has 2 bridgehead atoms. The van der Waals surface area contributed by atoms with E-state index in [1.165, 1.54) is 31.4 Å². The van der Waals surface area contributed by atoms with Crippen LogP contribution in [0.5, 0.6) is 0 Å². The topological polar surface area (TPSA) is 15.3 Å². The molecule has 3 atom stereocenters. The van der Waals surface area contributed by atoms with Crippen molar-refractivity contribution in [1.82, 2.24) is 10.2 Å². The minimum atomic E-state index is 0.794. The summed E-state index contributed by atoms with van der Waals surface area (Å²) in [5.74, 6) is 0.865. The van der Waals surface area contributed by atoms with Gasteiger partial charge in [-0.2, -0.15) is 0 Å². The first kappa shape index (κ1) is 12.6. The molecule has 0 spiro atoms. The summed E-state index contributed by atoms with van der Waals surface area (Å²) < 4.78 is 1.16. The van der Waals surface area contributed by atoms with Gasteiger partial charge in [-0.25, -0.2) is 0 Å². The largest absolute Gasteiger partial charge is 0.311 e. The van der Waals surface area contributed by atoms with E-state index in [0.29, 0.717) is 0 Å². The van der Waals surface area contributed by atoms with Crippen molar-refractivity contribution in [2.45, 2.75) is 37.9 Å². The highest BCUT2D eigenvalue weighted by Crippen LogP contribution is 2.33. The van der Waals surface area contributed by atoms with Crippen LogP contribution in [0.2, 0.25) is 0 Å². The van der Waals surface area contributed by atoms with E-state index in [1.54, 1.807) is 0 Å². The normalized spacial score (nSPS) is 30.3. The van der Waals surface area contributed by atoms with Crippen molar-refractivity contribution < 1.29 is 0 Å². The zero-order chi connectivity index (χ0) is 12.5. The number of benzene rings is 1. The van der Waals surface area contributed by atoms with Crippen LogP contribution in [0.15, 0.2) is 28.7 Å². The summed E-state index contributed by atoms with van der Waals surface area (Å²) in [6, 6.07) is 10.3. The van der Waals surface area contributed by atoms with Gasteiger partial charge < -0.3 is 10.2 Å². The Kier molecular flexibility index (Phi) is 3.73. The highest BCUT2D eigenvalue weighted by atomic mass is 79.9. The quantitative estimate of drug-likeness (QED) is 0.920. The first-order valence-electron chi connectivity index (χ1n) is 6.90. The highest BCUT2D eigenvalue weighted by molar-refractivity contribution is 9.10. The second kappa shape index (κ2) is 5.32. The lowest BCUT2D eigenvalue weighted by atomic mass is 9.89. The Hall–Kier alpha value is -0.380. The van der Waals surface area contributed by atoms with Crippen molar-refractivity contribution in [2.24, 2.45) is 5.92 Å². The Morgan fingerprint density at radius 1 is 1.28 bits per heavy atom. The monoisotopic (exact) mass is 308 g/mol. The van der Waals surface area contributed by atoms with Crippen LogP contribution in [0, 0.1) is 5.92 Å². The summed E-state index contributed by atoms with van der Waals surface area (Å²) in [6.07, 6.45) is 4.17. The predicted molar refractivity (Wildman–Crippen MR) is 78.5 cm³/mol. The van der Waals surface area contributed by atoms with E-state index in [-0.39, 0.29) is 0 Å². The lowest BCUT2D eigenvalue weighted by Crippen LogP contribution is -2.32. The molecule has 3 rings (SSSR count). The van der Waals surface area contributed by atoms with E-state index in [1.807, 2.05) is 0 Å². The first-order valence-corrected chi connectivity index (χ1v) is 7.69. The smallest absolute Gasteiger partial charge is 0.0230 e. The van der Waals surface area contributed by atoms with Gasteiger partial charge in [0.05, 0.1) is 0 Å². The molecule has 2 heterocycles. The van der Waals surface area contributed by atoms with E-state index >= 15 is 0 Å². The molecule has 2 fully saturated rings. The number of hydrogen-bond acceptors (Lipinski definition) is 2. The molecule has 0 amide bonds. The van der Waals surface area contributed by atoms with Gasteiger partial charge in [0.2, 0.25) is 0 Å².